The molecule has 0 radical (unpaired) electrons. The lowest BCUT2D eigenvalue weighted by Crippen LogP contribution is -2.28. The molecule has 26 heavy (non-hydrogen) atoms. The molecular weight excluding hydrogens is 332 g/mol. The van der Waals surface area contributed by atoms with Gasteiger partial charge in [-0.15, -0.1) is 0 Å². The van der Waals surface area contributed by atoms with E-state index >= 15 is 0 Å². The van der Waals surface area contributed by atoms with Gasteiger partial charge in [-0.3, -0.25) is 9.59 Å². The average Bonchev–Trinajstić information content (AvgIpc) is 2.91. The smallest absolute Gasteiger partial charge is 0.256 e. The van der Waals surface area contributed by atoms with Crippen molar-refractivity contribution in [2.24, 2.45) is 0 Å². The van der Waals surface area contributed by atoms with E-state index in [1.807, 2.05) is 31.2 Å². The van der Waals surface area contributed by atoms with Gasteiger partial charge >= 0.3 is 0 Å². The normalized spacial score (nSPS) is 15.7. The number of amides is 2. The van der Waals surface area contributed by atoms with Gasteiger partial charge in [0.25, 0.3) is 11.8 Å². The quantitative estimate of drug-likeness (QED) is 0.835. The lowest BCUT2D eigenvalue weighted by molar-refractivity contribution is 0.0177. The fraction of sp³-hybridized carbons (Fsp3) is 0.300. The number of hydrogen-bond acceptors (Lipinski definition) is 4. The summed E-state index contributed by atoms with van der Waals surface area (Å²) in [5.41, 5.74) is 2.18. The third-order valence-electron chi connectivity index (χ3n) is 4.48. The molecule has 1 atom stereocenters. The first-order valence-corrected chi connectivity index (χ1v) is 8.60. The van der Waals surface area contributed by atoms with E-state index in [1.165, 1.54) is 4.90 Å². The van der Waals surface area contributed by atoms with Crippen LogP contribution in [0, 0.1) is 0 Å². The number of aliphatic hydroxyl groups excluding tert-OH is 1. The number of fused-ring (bicyclic) bond motifs is 1. The van der Waals surface area contributed by atoms with E-state index in [2.05, 4.69) is 5.32 Å². The molecule has 2 aromatic rings. The van der Waals surface area contributed by atoms with E-state index in [-0.39, 0.29) is 11.8 Å². The zero-order valence-corrected chi connectivity index (χ0v) is 14.9. The summed E-state index contributed by atoms with van der Waals surface area (Å²) in [7, 11) is 1.58. The molecule has 0 bridgehead atoms. The van der Waals surface area contributed by atoms with E-state index in [9.17, 15) is 14.7 Å². The third-order valence-corrected chi connectivity index (χ3v) is 4.48. The van der Waals surface area contributed by atoms with Crippen LogP contribution in [-0.4, -0.2) is 35.5 Å². The second kappa shape index (κ2) is 7.58. The van der Waals surface area contributed by atoms with E-state index < -0.39 is 6.23 Å². The van der Waals surface area contributed by atoms with E-state index in [0.29, 0.717) is 35.5 Å². The Morgan fingerprint density at radius 1 is 1.27 bits per heavy atom. The molecule has 2 aromatic carbocycles. The number of benzene rings is 2. The van der Waals surface area contributed by atoms with E-state index in [1.54, 1.807) is 25.3 Å². The van der Waals surface area contributed by atoms with Gasteiger partial charge in [0, 0.05) is 35.3 Å². The van der Waals surface area contributed by atoms with Gasteiger partial charge in [0.05, 0.1) is 7.11 Å². The number of hydrogen-bond donors (Lipinski definition) is 2. The van der Waals surface area contributed by atoms with Crippen molar-refractivity contribution in [2.75, 3.05) is 13.7 Å². The topological polar surface area (TPSA) is 78.9 Å². The maximum Gasteiger partial charge on any atom is 0.256 e. The summed E-state index contributed by atoms with van der Waals surface area (Å²) in [5.74, 6) is 0.180. The molecule has 0 fully saturated rings. The Morgan fingerprint density at radius 3 is 2.77 bits per heavy atom. The fourth-order valence-corrected chi connectivity index (χ4v) is 3.13. The van der Waals surface area contributed by atoms with Gasteiger partial charge in [-0.2, -0.15) is 0 Å². The lowest BCUT2D eigenvalue weighted by atomic mass is 10.0. The van der Waals surface area contributed by atoms with Crippen molar-refractivity contribution in [1.82, 2.24) is 10.2 Å². The number of para-hydroxylation sites is 1. The Labute approximate surface area is 152 Å². The highest BCUT2D eigenvalue weighted by molar-refractivity contribution is 6.02. The van der Waals surface area contributed by atoms with Gasteiger partial charge < -0.3 is 20.1 Å². The van der Waals surface area contributed by atoms with Crippen molar-refractivity contribution in [2.45, 2.75) is 26.1 Å². The number of methoxy groups -OCH3 is 1. The number of carbonyl (C=O) groups is 2. The SMILES string of the molecule is CCCN1C(=O)c2cc(C(=O)NCc3ccccc3OC)ccc2C1O. The van der Waals surface area contributed by atoms with Gasteiger partial charge in [-0.1, -0.05) is 31.2 Å². The predicted octanol–water partition coefficient (Wildman–Crippen LogP) is 2.48. The number of carbonyl (C=O) groups excluding carboxylic acids is 2. The van der Waals surface area contributed by atoms with Gasteiger partial charge in [0.1, 0.15) is 5.75 Å². The van der Waals surface area contributed by atoms with Crippen LogP contribution in [0.15, 0.2) is 42.5 Å². The molecule has 1 aliphatic rings. The van der Waals surface area contributed by atoms with Crippen LogP contribution in [0.25, 0.3) is 0 Å². The highest BCUT2D eigenvalue weighted by atomic mass is 16.5. The molecule has 1 heterocycles. The summed E-state index contributed by atoms with van der Waals surface area (Å²) in [6.45, 7) is 2.74. The van der Waals surface area contributed by atoms with Crippen molar-refractivity contribution < 1.29 is 19.4 Å². The summed E-state index contributed by atoms with van der Waals surface area (Å²) in [5, 5.41) is 13.1. The van der Waals surface area contributed by atoms with Crippen LogP contribution in [0.5, 0.6) is 5.75 Å². The summed E-state index contributed by atoms with van der Waals surface area (Å²) in [4.78, 5) is 26.3. The van der Waals surface area contributed by atoms with Gasteiger partial charge in [0.2, 0.25) is 0 Å². The van der Waals surface area contributed by atoms with Crippen LogP contribution in [0.2, 0.25) is 0 Å². The molecular formula is C20H22N2O4. The fourth-order valence-electron chi connectivity index (χ4n) is 3.13. The highest BCUT2D eigenvalue weighted by Crippen LogP contribution is 2.32. The van der Waals surface area contributed by atoms with Crippen LogP contribution in [0.4, 0.5) is 0 Å². The zero-order chi connectivity index (χ0) is 18.7. The Bertz CT molecular complexity index is 834. The molecule has 0 aromatic heterocycles. The molecule has 0 spiro atoms. The largest absolute Gasteiger partial charge is 0.496 e. The molecule has 3 rings (SSSR count). The van der Waals surface area contributed by atoms with E-state index in [0.717, 1.165) is 12.0 Å². The van der Waals surface area contributed by atoms with Crippen molar-refractivity contribution >= 4 is 11.8 Å². The second-order valence-electron chi connectivity index (χ2n) is 6.17. The highest BCUT2D eigenvalue weighted by Gasteiger charge is 2.35. The first-order valence-electron chi connectivity index (χ1n) is 8.60. The molecule has 1 aliphatic heterocycles. The van der Waals surface area contributed by atoms with Gasteiger partial charge in [0.15, 0.2) is 6.23 Å². The molecule has 6 heteroatoms. The van der Waals surface area contributed by atoms with Crippen LogP contribution < -0.4 is 10.1 Å². The lowest BCUT2D eigenvalue weighted by Gasteiger charge is -2.19. The molecule has 0 saturated carbocycles. The first-order chi connectivity index (χ1) is 12.6. The van der Waals surface area contributed by atoms with Crippen LogP contribution >= 0.6 is 0 Å². The van der Waals surface area contributed by atoms with Crippen LogP contribution in [0.1, 0.15) is 51.4 Å². The molecule has 2 amide bonds. The minimum Gasteiger partial charge on any atom is -0.496 e. The predicted molar refractivity (Wildman–Crippen MR) is 96.9 cm³/mol. The minimum atomic E-state index is -0.942. The monoisotopic (exact) mass is 354 g/mol. The third kappa shape index (κ3) is 3.28. The number of nitrogens with zero attached hydrogens (tertiary/aromatic N) is 1. The summed E-state index contributed by atoms with van der Waals surface area (Å²) in [6, 6.07) is 12.3. The zero-order valence-electron chi connectivity index (χ0n) is 14.9. The molecule has 1 unspecified atom stereocenters. The Morgan fingerprint density at radius 2 is 2.04 bits per heavy atom. The summed E-state index contributed by atoms with van der Waals surface area (Å²) < 4.78 is 5.28. The van der Waals surface area contributed by atoms with Gasteiger partial charge in [-0.25, -0.2) is 0 Å². The summed E-state index contributed by atoms with van der Waals surface area (Å²) >= 11 is 0. The van der Waals surface area contributed by atoms with Crippen molar-refractivity contribution in [3.63, 3.8) is 0 Å². The average molecular weight is 354 g/mol. The number of ether oxygens (including phenoxy) is 1. The standard InChI is InChI=1S/C20H22N2O4/c1-3-10-22-19(24)15-9-8-13(11-16(15)20(22)25)18(23)21-12-14-6-4-5-7-17(14)26-2/h4-9,11,19,24H,3,10,12H2,1-2H3,(H,21,23). The number of aliphatic hydroxyl groups is 1. The number of nitrogens with one attached hydrogen (secondary N) is 1. The molecule has 0 aliphatic carbocycles. The van der Waals surface area contributed by atoms with Gasteiger partial charge in [-0.05, 0) is 24.6 Å². The maximum absolute atomic E-state index is 12.5. The van der Waals surface area contributed by atoms with Crippen molar-refractivity contribution in [3.8, 4) is 5.75 Å². The second-order valence-corrected chi connectivity index (χ2v) is 6.17. The Hall–Kier alpha value is -2.86. The van der Waals surface area contributed by atoms with Crippen molar-refractivity contribution in [3.05, 3.63) is 64.7 Å². The van der Waals surface area contributed by atoms with Crippen molar-refractivity contribution in [1.29, 1.82) is 0 Å². The van der Waals surface area contributed by atoms with Crippen LogP contribution in [-0.2, 0) is 6.54 Å². The maximum atomic E-state index is 12.5. The molecule has 136 valence electrons. The molecule has 2 N–H and O–H groups in total. The van der Waals surface area contributed by atoms with E-state index in [4.69, 9.17) is 4.74 Å². The summed E-state index contributed by atoms with van der Waals surface area (Å²) in [6.07, 6.45) is -0.189. The van der Waals surface area contributed by atoms with Crippen LogP contribution in [0.3, 0.4) is 0 Å². The Kier molecular flexibility index (Phi) is 5.23. The first kappa shape index (κ1) is 17.9. The molecule has 6 nitrogen and oxygen atoms in total. The minimum absolute atomic E-state index is 0.242. The number of rotatable bonds is 6. The Balaban J connectivity index is 1.75. The molecule has 0 saturated heterocycles.